The van der Waals surface area contributed by atoms with Gasteiger partial charge in [0.15, 0.2) is 0 Å². The van der Waals surface area contributed by atoms with Crippen molar-refractivity contribution in [2.24, 2.45) is 5.92 Å². The number of nitrogens with one attached hydrogen (secondary N) is 1. The second-order valence-corrected chi connectivity index (χ2v) is 5.18. The predicted molar refractivity (Wildman–Crippen MR) is 66.9 cm³/mol. The molecule has 0 heterocycles. The van der Waals surface area contributed by atoms with Gasteiger partial charge in [0.2, 0.25) is 0 Å². The molecule has 0 radical (unpaired) electrons. The van der Waals surface area contributed by atoms with E-state index < -0.39 is 11.9 Å². The van der Waals surface area contributed by atoms with E-state index in [4.69, 9.17) is 5.11 Å². The predicted octanol–water partition coefficient (Wildman–Crippen LogP) is 1.93. The molecular weight excluding hydrogens is 220 g/mol. The first-order chi connectivity index (χ1) is 7.69. The Morgan fingerprint density at radius 2 is 1.94 bits per heavy atom. The molecule has 0 fully saturated rings. The van der Waals surface area contributed by atoms with Crippen LogP contribution in [0.5, 0.6) is 0 Å². The topological polar surface area (TPSA) is 69.6 Å². The molecule has 0 saturated carbocycles. The van der Waals surface area contributed by atoms with Crippen molar-refractivity contribution in [1.29, 1.82) is 0 Å². The lowest BCUT2D eigenvalue weighted by atomic mass is 9.99. The van der Waals surface area contributed by atoms with Crippen LogP contribution in [0.25, 0.3) is 0 Å². The van der Waals surface area contributed by atoms with Gasteiger partial charge in [-0.1, -0.05) is 20.3 Å². The summed E-state index contributed by atoms with van der Waals surface area (Å²) < 4.78 is 0. The molecule has 0 aromatic rings. The standard InChI is InChI=1S/C12H24N2O3/c1-6-7-12(3,4)13-11(17)14(5)8-9(2)10(15)16/h9H,6-8H2,1-5H3,(H,13,17)(H,15,16). The number of carboxylic acids is 1. The molecule has 0 saturated heterocycles. The fourth-order valence-electron chi connectivity index (χ4n) is 1.64. The van der Waals surface area contributed by atoms with Gasteiger partial charge in [0.05, 0.1) is 5.92 Å². The van der Waals surface area contributed by atoms with Crippen LogP contribution in [-0.2, 0) is 4.79 Å². The van der Waals surface area contributed by atoms with Crippen LogP contribution >= 0.6 is 0 Å². The molecule has 17 heavy (non-hydrogen) atoms. The van der Waals surface area contributed by atoms with Crippen LogP contribution in [-0.4, -0.2) is 41.1 Å². The lowest BCUT2D eigenvalue weighted by Gasteiger charge is -2.29. The van der Waals surface area contributed by atoms with Crippen LogP contribution in [0, 0.1) is 5.92 Å². The second kappa shape index (κ2) is 6.47. The highest BCUT2D eigenvalue weighted by Gasteiger charge is 2.23. The van der Waals surface area contributed by atoms with Crippen molar-refractivity contribution in [1.82, 2.24) is 10.2 Å². The normalized spacial score (nSPS) is 13.0. The number of urea groups is 1. The SMILES string of the molecule is CCCC(C)(C)NC(=O)N(C)CC(C)C(=O)O. The molecule has 0 aliphatic carbocycles. The molecule has 0 bridgehead atoms. The minimum atomic E-state index is -0.891. The van der Waals surface area contributed by atoms with Gasteiger partial charge in [0.1, 0.15) is 0 Å². The minimum absolute atomic E-state index is 0.212. The third-order valence-corrected chi connectivity index (χ3v) is 2.64. The maximum Gasteiger partial charge on any atom is 0.317 e. The second-order valence-electron chi connectivity index (χ2n) is 5.18. The molecule has 5 heteroatoms. The zero-order valence-corrected chi connectivity index (χ0v) is 11.4. The number of nitrogens with zero attached hydrogens (tertiary/aromatic N) is 1. The number of hydrogen-bond acceptors (Lipinski definition) is 2. The van der Waals surface area contributed by atoms with E-state index in [1.807, 2.05) is 13.8 Å². The summed E-state index contributed by atoms with van der Waals surface area (Å²) in [5.74, 6) is -1.45. The Bertz CT molecular complexity index is 277. The molecule has 1 atom stereocenters. The van der Waals surface area contributed by atoms with Crippen LogP contribution < -0.4 is 5.32 Å². The Kier molecular flexibility index (Phi) is 5.99. The number of carboxylic acid groups (broad SMARTS) is 1. The average Bonchev–Trinajstić information content (AvgIpc) is 2.16. The van der Waals surface area contributed by atoms with Crippen LogP contribution in [0.3, 0.4) is 0 Å². The number of rotatable bonds is 6. The lowest BCUT2D eigenvalue weighted by Crippen LogP contribution is -2.50. The number of carbonyl (C=O) groups is 2. The van der Waals surface area contributed by atoms with Crippen LogP contribution in [0.15, 0.2) is 0 Å². The van der Waals surface area contributed by atoms with Crippen LogP contribution in [0.2, 0.25) is 0 Å². The Morgan fingerprint density at radius 3 is 2.35 bits per heavy atom. The van der Waals surface area contributed by atoms with Crippen LogP contribution in [0.1, 0.15) is 40.5 Å². The summed E-state index contributed by atoms with van der Waals surface area (Å²) in [7, 11) is 1.61. The molecule has 2 N–H and O–H groups in total. The lowest BCUT2D eigenvalue weighted by molar-refractivity contribution is -0.141. The van der Waals surface area contributed by atoms with Crippen LogP contribution in [0.4, 0.5) is 4.79 Å². The van der Waals surface area contributed by atoms with Gasteiger partial charge in [-0.15, -0.1) is 0 Å². The monoisotopic (exact) mass is 244 g/mol. The van der Waals surface area contributed by atoms with Gasteiger partial charge in [-0.3, -0.25) is 4.79 Å². The van der Waals surface area contributed by atoms with E-state index in [0.717, 1.165) is 12.8 Å². The number of carbonyl (C=O) groups excluding carboxylic acids is 1. The van der Waals surface area contributed by atoms with E-state index in [1.54, 1.807) is 14.0 Å². The number of aliphatic carboxylic acids is 1. The quantitative estimate of drug-likeness (QED) is 0.750. The highest BCUT2D eigenvalue weighted by Crippen LogP contribution is 2.11. The van der Waals surface area contributed by atoms with Crippen molar-refractivity contribution in [2.75, 3.05) is 13.6 Å². The number of hydrogen-bond donors (Lipinski definition) is 2. The van der Waals surface area contributed by atoms with Crippen molar-refractivity contribution in [2.45, 2.75) is 46.1 Å². The zero-order chi connectivity index (χ0) is 13.6. The highest BCUT2D eigenvalue weighted by molar-refractivity contribution is 5.76. The summed E-state index contributed by atoms with van der Waals surface area (Å²) in [5.41, 5.74) is -0.257. The summed E-state index contributed by atoms with van der Waals surface area (Å²) in [4.78, 5) is 23.9. The molecule has 0 aromatic carbocycles. The third-order valence-electron chi connectivity index (χ3n) is 2.64. The summed E-state index contributed by atoms with van der Waals surface area (Å²) in [6.45, 7) is 7.78. The van der Waals surface area contributed by atoms with Gasteiger partial charge in [0, 0.05) is 19.1 Å². The summed E-state index contributed by atoms with van der Waals surface area (Å²) in [6, 6.07) is -0.225. The summed E-state index contributed by atoms with van der Waals surface area (Å²) in [6.07, 6.45) is 1.88. The van der Waals surface area contributed by atoms with E-state index in [9.17, 15) is 9.59 Å². The molecule has 0 aromatic heterocycles. The largest absolute Gasteiger partial charge is 0.481 e. The van der Waals surface area contributed by atoms with E-state index in [0.29, 0.717) is 0 Å². The van der Waals surface area contributed by atoms with Gasteiger partial charge < -0.3 is 15.3 Å². The first-order valence-corrected chi connectivity index (χ1v) is 5.95. The molecule has 0 aliphatic heterocycles. The third kappa shape index (κ3) is 6.14. The van der Waals surface area contributed by atoms with E-state index >= 15 is 0 Å². The van der Waals surface area contributed by atoms with Crippen molar-refractivity contribution in [3.8, 4) is 0 Å². The van der Waals surface area contributed by atoms with Gasteiger partial charge in [-0.05, 0) is 20.3 Å². The van der Waals surface area contributed by atoms with Gasteiger partial charge in [0.25, 0.3) is 0 Å². The first-order valence-electron chi connectivity index (χ1n) is 5.95. The summed E-state index contributed by atoms with van der Waals surface area (Å²) in [5, 5.41) is 11.7. The summed E-state index contributed by atoms with van der Waals surface area (Å²) >= 11 is 0. The van der Waals surface area contributed by atoms with Crippen molar-refractivity contribution in [3.63, 3.8) is 0 Å². The molecule has 2 amide bonds. The maximum absolute atomic E-state index is 11.8. The Labute approximate surface area is 103 Å². The highest BCUT2D eigenvalue weighted by atomic mass is 16.4. The van der Waals surface area contributed by atoms with E-state index in [-0.39, 0.29) is 18.1 Å². The molecule has 5 nitrogen and oxygen atoms in total. The Morgan fingerprint density at radius 1 is 1.41 bits per heavy atom. The minimum Gasteiger partial charge on any atom is -0.481 e. The van der Waals surface area contributed by atoms with E-state index in [1.165, 1.54) is 4.90 Å². The maximum atomic E-state index is 11.8. The molecule has 0 aliphatic rings. The Hall–Kier alpha value is -1.26. The molecule has 1 unspecified atom stereocenters. The smallest absolute Gasteiger partial charge is 0.317 e. The Balaban J connectivity index is 4.27. The fraction of sp³-hybridized carbons (Fsp3) is 0.833. The fourth-order valence-corrected chi connectivity index (χ4v) is 1.64. The molecule has 0 spiro atoms. The van der Waals surface area contributed by atoms with Gasteiger partial charge >= 0.3 is 12.0 Å². The average molecular weight is 244 g/mol. The molecular formula is C12H24N2O3. The molecule has 0 rings (SSSR count). The van der Waals surface area contributed by atoms with Crippen molar-refractivity contribution >= 4 is 12.0 Å². The van der Waals surface area contributed by atoms with Crippen molar-refractivity contribution < 1.29 is 14.7 Å². The first kappa shape index (κ1) is 15.7. The van der Waals surface area contributed by atoms with Gasteiger partial charge in [-0.2, -0.15) is 0 Å². The number of amides is 2. The van der Waals surface area contributed by atoms with Crippen molar-refractivity contribution in [3.05, 3.63) is 0 Å². The van der Waals surface area contributed by atoms with Gasteiger partial charge in [-0.25, -0.2) is 4.79 Å². The zero-order valence-electron chi connectivity index (χ0n) is 11.4. The van der Waals surface area contributed by atoms with E-state index in [2.05, 4.69) is 12.2 Å². The molecule has 100 valence electrons.